The van der Waals surface area contributed by atoms with E-state index in [4.69, 9.17) is 9.47 Å². The lowest BCUT2D eigenvalue weighted by atomic mass is 9.86. The molecule has 3 rings (SSSR count). The van der Waals surface area contributed by atoms with E-state index in [0.29, 0.717) is 29.7 Å². The molecular formula is C22H31NO4. The molecule has 1 aromatic rings. The van der Waals surface area contributed by atoms with Gasteiger partial charge in [-0.05, 0) is 60.1 Å². The predicted octanol–water partition coefficient (Wildman–Crippen LogP) is 4.30. The molecule has 0 saturated heterocycles. The number of anilines is 1. The van der Waals surface area contributed by atoms with E-state index in [1.807, 2.05) is 18.2 Å². The molecule has 27 heavy (non-hydrogen) atoms. The van der Waals surface area contributed by atoms with Gasteiger partial charge in [0, 0.05) is 6.42 Å². The van der Waals surface area contributed by atoms with Gasteiger partial charge in [-0.1, -0.05) is 33.3 Å². The van der Waals surface area contributed by atoms with Crippen molar-refractivity contribution in [2.75, 3.05) is 19.0 Å². The zero-order valence-electron chi connectivity index (χ0n) is 16.8. The van der Waals surface area contributed by atoms with Gasteiger partial charge in [0.05, 0.1) is 12.8 Å². The van der Waals surface area contributed by atoms with Gasteiger partial charge < -0.3 is 14.8 Å². The number of nitrogens with one attached hydrogen (secondary N) is 1. The fraction of sp³-hybridized carbons (Fsp3) is 0.636. The maximum atomic E-state index is 12.3. The third kappa shape index (κ3) is 4.82. The lowest BCUT2D eigenvalue weighted by Crippen LogP contribution is -2.23. The zero-order valence-corrected chi connectivity index (χ0v) is 16.8. The van der Waals surface area contributed by atoms with Crippen molar-refractivity contribution in [3.63, 3.8) is 0 Å². The van der Waals surface area contributed by atoms with E-state index in [1.54, 1.807) is 7.11 Å². The molecule has 3 atom stereocenters. The van der Waals surface area contributed by atoms with E-state index < -0.39 is 0 Å². The van der Waals surface area contributed by atoms with E-state index >= 15 is 0 Å². The van der Waals surface area contributed by atoms with Gasteiger partial charge in [-0.25, -0.2) is 0 Å². The van der Waals surface area contributed by atoms with Gasteiger partial charge >= 0.3 is 5.97 Å². The van der Waals surface area contributed by atoms with E-state index in [2.05, 4.69) is 26.1 Å². The minimum Gasteiger partial charge on any atom is -0.495 e. The average Bonchev–Trinajstić information content (AvgIpc) is 3.22. The van der Waals surface area contributed by atoms with Crippen molar-refractivity contribution in [1.82, 2.24) is 0 Å². The van der Waals surface area contributed by atoms with Crippen molar-refractivity contribution in [3.05, 3.63) is 23.8 Å². The number of methoxy groups -OCH3 is 1. The molecule has 0 heterocycles. The fourth-order valence-electron chi connectivity index (χ4n) is 4.50. The van der Waals surface area contributed by atoms with Crippen LogP contribution in [-0.4, -0.2) is 25.6 Å². The number of ether oxygens (including phenoxy) is 2. The number of benzene rings is 1. The Morgan fingerprint density at radius 2 is 1.96 bits per heavy atom. The second kappa shape index (κ2) is 7.91. The van der Waals surface area contributed by atoms with E-state index in [1.165, 1.54) is 19.3 Å². The van der Waals surface area contributed by atoms with Crippen LogP contribution in [0.5, 0.6) is 5.75 Å². The highest BCUT2D eigenvalue weighted by molar-refractivity contribution is 5.94. The minimum atomic E-state index is -0.347. The SMILES string of the molecule is COc1ccc(C(C)(C)C)cc1NC(=O)COC(=O)C[C@@H]1C[C@@H]2CC[C@@H]1C2. The Hall–Kier alpha value is -2.04. The topological polar surface area (TPSA) is 64.6 Å². The van der Waals surface area contributed by atoms with Crippen molar-refractivity contribution in [2.24, 2.45) is 17.8 Å². The summed E-state index contributed by atoms with van der Waals surface area (Å²) in [5.74, 6) is 1.91. The van der Waals surface area contributed by atoms with Crippen LogP contribution in [-0.2, 0) is 19.7 Å². The first-order valence-corrected chi connectivity index (χ1v) is 9.90. The number of hydrogen-bond donors (Lipinski definition) is 1. The predicted molar refractivity (Wildman–Crippen MR) is 105 cm³/mol. The van der Waals surface area contributed by atoms with Gasteiger partial charge in [-0.3, -0.25) is 9.59 Å². The van der Waals surface area contributed by atoms with Crippen molar-refractivity contribution in [2.45, 2.75) is 58.3 Å². The van der Waals surface area contributed by atoms with Crippen LogP contribution >= 0.6 is 0 Å². The Balaban J connectivity index is 1.52. The van der Waals surface area contributed by atoms with Gasteiger partial charge in [-0.15, -0.1) is 0 Å². The molecule has 1 N–H and O–H groups in total. The van der Waals surface area contributed by atoms with Crippen LogP contribution in [0.25, 0.3) is 0 Å². The highest BCUT2D eigenvalue weighted by atomic mass is 16.5. The molecule has 2 aliphatic rings. The Labute approximate surface area is 161 Å². The second-order valence-electron chi connectivity index (χ2n) is 9.01. The van der Waals surface area contributed by atoms with E-state index in [-0.39, 0.29) is 23.9 Å². The molecule has 2 bridgehead atoms. The van der Waals surface area contributed by atoms with Crippen molar-refractivity contribution < 1.29 is 19.1 Å². The maximum Gasteiger partial charge on any atom is 0.306 e. The van der Waals surface area contributed by atoms with Gasteiger partial charge in [0.25, 0.3) is 5.91 Å². The smallest absolute Gasteiger partial charge is 0.306 e. The number of carbonyl (C=O) groups is 2. The second-order valence-corrected chi connectivity index (χ2v) is 9.01. The molecular weight excluding hydrogens is 342 g/mol. The van der Waals surface area contributed by atoms with Gasteiger partial charge in [0.2, 0.25) is 0 Å². The molecule has 2 fully saturated rings. The first-order chi connectivity index (χ1) is 12.8. The van der Waals surface area contributed by atoms with Crippen LogP contribution in [0.3, 0.4) is 0 Å². The first kappa shape index (κ1) is 19.7. The highest BCUT2D eigenvalue weighted by Crippen LogP contribution is 2.49. The summed E-state index contributed by atoms with van der Waals surface area (Å²) in [7, 11) is 1.57. The van der Waals surface area contributed by atoms with Crippen molar-refractivity contribution in [3.8, 4) is 5.75 Å². The third-order valence-corrected chi connectivity index (χ3v) is 6.02. The van der Waals surface area contributed by atoms with Crippen LogP contribution in [0.2, 0.25) is 0 Å². The summed E-state index contributed by atoms with van der Waals surface area (Å²) >= 11 is 0. The molecule has 148 valence electrons. The number of amides is 1. The largest absolute Gasteiger partial charge is 0.495 e. The summed E-state index contributed by atoms with van der Waals surface area (Å²) in [5.41, 5.74) is 1.64. The van der Waals surface area contributed by atoms with Gasteiger partial charge in [0.15, 0.2) is 6.61 Å². The standard InChI is InChI=1S/C22H31NO4/c1-22(2,3)17-7-8-19(26-4)18(12-17)23-20(24)13-27-21(25)11-16-10-14-5-6-15(16)9-14/h7-8,12,14-16H,5-6,9-11,13H2,1-4H3,(H,23,24)/t14-,15-,16+/m1/s1. The summed E-state index contributed by atoms with van der Waals surface area (Å²) in [6.07, 6.45) is 5.41. The summed E-state index contributed by atoms with van der Waals surface area (Å²) in [6, 6.07) is 5.75. The first-order valence-electron chi connectivity index (χ1n) is 9.90. The van der Waals surface area contributed by atoms with Gasteiger partial charge in [-0.2, -0.15) is 0 Å². The minimum absolute atomic E-state index is 0.0428. The molecule has 2 aliphatic carbocycles. The highest BCUT2D eigenvalue weighted by Gasteiger charge is 2.40. The van der Waals surface area contributed by atoms with Crippen LogP contribution in [0, 0.1) is 17.8 Å². The molecule has 0 spiro atoms. The van der Waals surface area contributed by atoms with E-state index in [0.717, 1.165) is 17.9 Å². The number of rotatable bonds is 6. The Kier molecular flexibility index (Phi) is 5.78. The quantitative estimate of drug-likeness (QED) is 0.755. The molecule has 1 aromatic carbocycles. The van der Waals surface area contributed by atoms with Crippen molar-refractivity contribution in [1.29, 1.82) is 0 Å². The average molecular weight is 373 g/mol. The number of esters is 1. The molecule has 5 nitrogen and oxygen atoms in total. The van der Waals surface area contributed by atoms with Crippen LogP contribution < -0.4 is 10.1 Å². The summed E-state index contributed by atoms with van der Waals surface area (Å²) in [6.45, 7) is 6.07. The molecule has 0 radical (unpaired) electrons. The molecule has 2 saturated carbocycles. The van der Waals surface area contributed by atoms with Gasteiger partial charge in [0.1, 0.15) is 5.75 Å². The van der Waals surface area contributed by atoms with Crippen LogP contribution in [0.4, 0.5) is 5.69 Å². The lowest BCUT2D eigenvalue weighted by Gasteiger charge is -2.21. The van der Waals surface area contributed by atoms with Crippen LogP contribution in [0.15, 0.2) is 18.2 Å². The molecule has 5 heteroatoms. The number of hydrogen-bond acceptors (Lipinski definition) is 4. The van der Waals surface area contributed by atoms with Crippen molar-refractivity contribution >= 4 is 17.6 Å². The summed E-state index contributed by atoms with van der Waals surface area (Å²) < 4.78 is 10.6. The summed E-state index contributed by atoms with van der Waals surface area (Å²) in [5, 5.41) is 2.81. The molecule has 1 amide bonds. The maximum absolute atomic E-state index is 12.3. The normalized spacial score (nSPS) is 23.9. The zero-order chi connectivity index (χ0) is 19.6. The number of fused-ring (bicyclic) bond motifs is 2. The van der Waals surface area contributed by atoms with E-state index in [9.17, 15) is 9.59 Å². The summed E-state index contributed by atoms with van der Waals surface area (Å²) in [4.78, 5) is 24.4. The Morgan fingerprint density at radius 3 is 2.56 bits per heavy atom. The fourth-order valence-corrected chi connectivity index (χ4v) is 4.50. The molecule has 0 unspecified atom stereocenters. The number of carbonyl (C=O) groups excluding carboxylic acids is 2. The lowest BCUT2D eigenvalue weighted by molar-refractivity contribution is -0.148. The Morgan fingerprint density at radius 1 is 1.19 bits per heavy atom. The van der Waals surface area contributed by atoms with Crippen LogP contribution in [0.1, 0.15) is 58.4 Å². The monoisotopic (exact) mass is 373 g/mol. The Bertz CT molecular complexity index is 707. The molecule has 0 aliphatic heterocycles. The molecule has 0 aromatic heterocycles. The third-order valence-electron chi connectivity index (χ3n) is 6.02.